The molecule has 0 fully saturated rings. The van der Waals surface area contributed by atoms with E-state index in [9.17, 15) is 0 Å². The van der Waals surface area contributed by atoms with Gasteiger partial charge < -0.3 is 9.64 Å². The van der Waals surface area contributed by atoms with Crippen molar-refractivity contribution in [3.8, 4) is 0 Å². The van der Waals surface area contributed by atoms with Crippen LogP contribution in [0, 0.1) is 20.8 Å². The van der Waals surface area contributed by atoms with Crippen molar-refractivity contribution in [2.75, 3.05) is 25.8 Å². The smallest absolute Gasteiger partial charge is 0.118 e. The molecule has 0 aromatic heterocycles. The molecule has 0 heterocycles. The Balaban J connectivity index is 3.07. The van der Waals surface area contributed by atoms with Gasteiger partial charge in [-0.15, -0.1) is 0 Å². The average molecular weight is 193 g/mol. The Morgan fingerprint density at radius 1 is 1.14 bits per heavy atom. The van der Waals surface area contributed by atoms with E-state index >= 15 is 0 Å². The fourth-order valence-electron chi connectivity index (χ4n) is 2.03. The summed E-state index contributed by atoms with van der Waals surface area (Å²) in [7, 11) is 3.77. The summed E-state index contributed by atoms with van der Waals surface area (Å²) in [6.45, 7) is 7.04. The molecule has 0 aliphatic rings. The molecular formula is C12H19NO. The van der Waals surface area contributed by atoms with Crippen LogP contribution in [-0.2, 0) is 4.74 Å². The highest BCUT2D eigenvalue weighted by molar-refractivity contribution is 5.59. The molecule has 0 spiro atoms. The third kappa shape index (κ3) is 2.26. The Morgan fingerprint density at radius 2 is 1.64 bits per heavy atom. The number of methoxy groups -OCH3 is 1. The Bertz CT molecular complexity index is 297. The van der Waals surface area contributed by atoms with E-state index in [-0.39, 0.29) is 0 Å². The van der Waals surface area contributed by atoms with E-state index in [2.05, 4.69) is 37.8 Å². The van der Waals surface area contributed by atoms with Crippen molar-refractivity contribution in [2.24, 2.45) is 0 Å². The molecule has 0 radical (unpaired) electrons. The minimum atomic E-state index is 0.630. The van der Waals surface area contributed by atoms with Crippen molar-refractivity contribution < 1.29 is 4.74 Å². The van der Waals surface area contributed by atoms with Gasteiger partial charge in [0.25, 0.3) is 0 Å². The van der Waals surface area contributed by atoms with E-state index in [4.69, 9.17) is 4.74 Å². The Morgan fingerprint density at radius 3 is 2.07 bits per heavy atom. The van der Waals surface area contributed by atoms with Crippen LogP contribution in [0.1, 0.15) is 16.7 Å². The molecule has 0 unspecified atom stereocenters. The summed E-state index contributed by atoms with van der Waals surface area (Å²) < 4.78 is 5.12. The second kappa shape index (κ2) is 4.47. The normalized spacial score (nSPS) is 10.4. The quantitative estimate of drug-likeness (QED) is 0.684. The lowest BCUT2D eigenvalue weighted by molar-refractivity contribution is 0.202. The van der Waals surface area contributed by atoms with Crippen LogP contribution >= 0.6 is 0 Å². The maximum absolute atomic E-state index is 5.12. The molecule has 0 aliphatic carbocycles. The molecule has 0 atom stereocenters. The third-order valence-corrected chi connectivity index (χ3v) is 2.34. The van der Waals surface area contributed by atoms with Crippen LogP contribution < -0.4 is 4.90 Å². The van der Waals surface area contributed by atoms with Crippen LogP contribution in [0.25, 0.3) is 0 Å². The van der Waals surface area contributed by atoms with E-state index in [0.717, 1.165) is 0 Å². The van der Waals surface area contributed by atoms with Gasteiger partial charge in [0, 0.05) is 19.8 Å². The molecular weight excluding hydrogens is 174 g/mol. The lowest BCUT2D eigenvalue weighted by atomic mass is 10.0. The number of ether oxygens (including phenoxy) is 1. The number of hydrogen-bond donors (Lipinski definition) is 0. The molecule has 0 saturated carbocycles. The molecule has 1 aromatic carbocycles. The van der Waals surface area contributed by atoms with Gasteiger partial charge in [-0.25, -0.2) is 0 Å². The van der Waals surface area contributed by atoms with Crippen molar-refractivity contribution in [1.82, 2.24) is 0 Å². The summed E-state index contributed by atoms with van der Waals surface area (Å²) >= 11 is 0. The Labute approximate surface area is 86.5 Å². The van der Waals surface area contributed by atoms with Gasteiger partial charge in [0.05, 0.1) is 0 Å². The zero-order valence-electron chi connectivity index (χ0n) is 9.72. The van der Waals surface area contributed by atoms with E-state index in [1.165, 1.54) is 22.4 Å². The highest BCUT2D eigenvalue weighted by Gasteiger charge is 2.07. The highest BCUT2D eigenvalue weighted by Crippen LogP contribution is 2.24. The summed E-state index contributed by atoms with van der Waals surface area (Å²) in [6, 6.07) is 4.41. The fraction of sp³-hybridized carbons (Fsp3) is 0.500. The molecule has 0 saturated heterocycles. The van der Waals surface area contributed by atoms with E-state index in [1.807, 2.05) is 7.05 Å². The third-order valence-electron chi connectivity index (χ3n) is 2.34. The fourth-order valence-corrected chi connectivity index (χ4v) is 2.03. The molecule has 1 rings (SSSR count). The first-order chi connectivity index (χ1) is 6.56. The molecule has 0 amide bonds. The van der Waals surface area contributed by atoms with Crippen molar-refractivity contribution in [2.45, 2.75) is 20.8 Å². The number of rotatable bonds is 3. The summed E-state index contributed by atoms with van der Waals surface area (Å²) in [5.74, 6) is 0. The lowest BCUT2D eigenvalue weighted by Gasteiger charge is -2.23. The standard InChI is InChI=1S/C12H19NO/c1-9-6-10(2)12(11(3)7-9)13(4)8-14-5/h6-7H,8H2,1-5H3. The number of nitrogens with zero attached hydrogens (tertiary/aromatic N) is 1. The van der Waals surface area contributed by atoms with E-state index < -0.39 is 0 Å². The summed E-state index contributed by atoms with van der Waals surface area (Å²) in [5, 5.41) is 0. The van der Waals surface area contributed by atoms with Gasteiger partial charge in [0.2, 0.25) is 0 Å². The zero-order chi connectivity index (χ0) is 10.7. The predicted molar refractivity (Wildman–Crippen MR) is 60.9 cm³/mol. The molecule has 78 valence electrons. The minimum absolute atomic E-state index is 0.630. The maximum atomic E-state index is 5.12. The molecule has 2 nitrogen and oxygen atoms in total. The molecule has 0 aliphatic heterocycles. The second-order valence-electron chi connectivity index (χ2n) is 3.86. The molecule has 0 N–H and O–H groups in total. The van der Waals surface area contributed by atoms with E-state index in [0.29, 0.717) is 6.73 Å². The van der Waals surface area contributed by atoms with Crippen molar-refractivity contribution in [3.05, 3.63) is 28.8 Å². The number of anilines is 1. The summed E-state index contributed by atoms with van der Waals surface area (Å²) in [6.07, 6.45) is 0. The largest absolute Gasteiger partial charge is 0.364 e. The molecule has 14 heavy (non-hydrogen) atoms. The van der Waals surface area contributed by atoms with Crippen molar-refractivity contribution in [1.29, 1.82) is 0 Å². The van der Waals surface area contributed by atoms with Gasteiger partial charge in [-0.3, -0.25) is 0 Å². The highest BCUT2D eigenvalue weighted by atomic mass is 16.5. The summed E-state index contributed by atoms with van der Waals surface area (Å²) in [4.78, 5) is 2.13. The van der Waals surface area contributed by atoms with Crippen LogP contribution in [0.4, 0.5) is 5.69 Å². The van der Waals surface area contributed by atoms with Gasteiger partial charge in [-0.1, -0.05) is 17.7 Å². The second-order valence-corrected chi connectivity index (χ2v) is 3.86. The number of benzene rings is 1. The SMILES string of the molecule is COCN(C)c1c(C)cc(C)cc1C. The van der Waals surface area contributed by atoms with Gasteiger partial charge in [-0.2, -0.15) is 0 Å². The first kappa shape index (κ1) is 11.1. The van der Waals surface area contributed by atoms with Crippen LogP contribution in [0.15, 0.2) is 12.1 Å². The van der Waals surface area contributed by atoms with Gasteiger partial charge >= 0.3 is 0 Å². The predicted octanol–water partition coefficient (Wildman–Crippen LogP) is 2.65. The first-order valence-electron chi connectivity index (χ1n) is 4.84. The maximum Gasteiger partial charge on any atom is 0.118 e. The summed E-state index contributed by atoms with van der Waals surface area (Å²) in [5.41, 5.74) is 5.20. The first-order valence-corrected chi connectivity index (χ1v) is 4.84. The molecule has 2 heteroatoms. The van der Waals surface area contributed by atoms with Crippen LogP contribution in [0.3, 0.4) is 0 Å². The molecule has 1 aromatic rings. The van der Waals surface area contributed by atoms with Crippen LogP contribution in [-0.4, -0.2) is 20.9 Å². The minimum Gasteiger partial charge on any atom is -0.364 e. The van der Waals surface area contributed by atoms with Crippen molar-refractivity contribution in [3.63, 3.8) is 0 Å². The van der Waals surface area contributed by atoms with Gasteiger partial charge in [0.15, 0.2) is 0 Å². The zero-order valence-corrected chi connectivity index (χ0v) is 9.72. The lowest BCUT2D eigenvalue weighted by Crippen LogP contribution is -2.21. The van der Waals surface area contributed by atoms with E-state index in [1.54, 1.807) is 7.11 Å². The number of aryl methyl sites for hydroxylation is 3. The van der Waals surface area contributed by atoms with Crippen molar-refractivity contribution >= 4 is 5.69 Å². The Kier molecular flexibility index (Phi) is 3.53. The van der Waals surface area contributed by atoms with Gasteiger partial charge in [0.1, 0.15) is 6.73 Å². The Hall–Kier alpha value is -1.02. The van der Waals surface area contributed by atoms with Crippen LogP contribution in [0.2, 0.25) is 0 Å². The average Bonchev–Trinajstić information content (AvgIpc) is 2.01. The molecule has 0 bridgehead atoms. The van der Waals surface area contributed by atoms with Gasteiger partial charge in [-0.05, 0) is 31.9 Å². The monoisotopic (exact) mass is 193 g/mol. The number of hydrogen-bond acceptors (Lipinski definition) is 2. The topological polar surface area (TPSA) is 12.5 Å². The van der Waals surface area contributed by atoms with Crippen LogP contribution in [0.5, 0.6) is 0 Å².